The van der Waals surface area contributed by atoms with Gasteiger partial charge in [-0.3, -0.25) is 4.79 Å². The molecule has 1 fully saturated rings. The van der Waals surface area contributed by atoms with Crippen molar-refractivity contribution < 1.29 is 13.6 Å². The maximum atomic E-state index is 13.3. The smallest absolute Gasteiger partial charge is 0.217 e. The molecule has 2 atom stereocenters. The van der Waals surface area contributed by atoms with E-state index in [1.54, 1.807) is 6.07 Å². The summed E-state index contributed by atoms with van der Waals surface area (Å²) in [6.07, 6.45) is 0.903. The van der Waals surface area contributed by atoms with Crippen LogP contribution in [0.1, 0.15) is 20.3 Å². The largest absolute Gasteiger partial charge is 0.369 e. The van der Waals surface area contributed by atoms with Crippen LogP contribution >= 0.6 is 0 Å². The van der Waals surface area contributed by atoms with E-state index in [1.807, 2.05) is 4.90 Å². The lowest BCUT2D eigenvalue weighted by atomic mass is 9.95. The highest BCUT2D eigenvalue weighted by Gasteiger charge is 2.25. The van der Waals surface area contributed by atoms with Crippen LogP contribution in [-0.4, -0.2) is 25.0 Å². The number of piperidine rings is 1. The van der Waals surface area contributed by atoms with Gasteiger partial charge in [-0.05, 0) is 24.5 Å². The molecule has 1 N–H and O–H groups in total. The molecule has 0 aromatic heterocycles. The normalized spacial score (nSPS) is 23.3. The van der Waals surface area contributed by atoms with Gasteiger partial charge in [-0.15, -0.1) is 0 Å². The molecule has 3 nitrogen and oxygen atoms in total. The number of carbonyl (C=O) groups is 1. The van der Waals surface area contributed by atoms with Gasteiger partial charge in [-0.1, -0.05) is 6.92 Å². The summed E-state index contributed by atoms with van der Waals surface area (Å²) in [5, 5.41) is 2.89. The third-order valence-corrected chi connectivity index (χ3v) is 3.34. The summed E-state index contributed by atoms with van der Waals surface area (Å²) in [7, 11) is 0. The molecule has 104 valence electrons. The van der Waals surface area contributed by atoms with E-state index in [2.05, 4.69) is 12.2 Å². The summed E-state index contributed by atoms with van der Waals surface area (Å²) >= 11 is 0. The number of benzene rings is 1. The number of carbonyl (C=O) groups excluding carboxylic acids is 1. The number of nitrogens with zero attached hydrogens (tertiary/aromatic N) is 1. The van der Waals surface area contributed by atoms with E-state index >= 15 is 0 Å². The summed E-state index contributed by atoms with van der Waals surface area (Å²) in [4.78, 5) is 13.1. The molecule has 2 rings (SSSR count). The van der Waals surface area contributed by atoms with E-state index in [1.165, 1.54) is 13.0 Å². The second-order valence-corrected chi connectivity index (χ2v) is 5.24. The van der Waals surface area contributed by atoms with Crippen LogP contribution in [0.2, 0.25) is 0 Å². The Morgan fingerprint density at radius 3 is 2.68 bits per heavy atom. The third kappa shape index (κ3) is 3.43. The maximum absolute atomic E-state index is 13.3. The van der Waals surface area contributed by atoms with Crippen molar-refractivity contribution in [3.8, 4) is 0 Å². The Hall–Kier alpha value is -1.65. The first-order valence-corrected chi connectivity index (χ1v) is 6.43. The lowest BCUT2D eigenvalue weighted by Crippen LogP contribution is -2.50. The zero-order chi connectivity index (χ0) is 14.0. The monoisotopic (exact) mass is 268 g/mol. The fourth-order valence-corrected chi connectivity index (χ4v) is 2.64. The first-order valence-electron chi connectivity index (χ1n) is 6.43. The van der Waals surface area contributed by atoms with Gasteiger partial charge in [0.2, 0.25) is 5.91 Å². The highest BCUT2D eigenvalue weighted by Crippen LogP contribution is 2.24. The predicted molar refractivity (Wildman–Crippen MR) is 70.0 cm³/mol. The Morgan fingerprint density at radius 1 is 1.32 bits per heavy atom. The Balaban J connectivity index is 2.14. The average Bonchev–Trinajstić information content (AvgIpc) is 2.31. The fourth-order valence-electron chi connectivity index (χ4n) is 2.64. The fraction of sp³-hybridized carbons (Fsp3) is 0.500. The van der Waals surface area contributed by atoms with Crippen molar-refractivity contribution >= 4 is 11.6 Å². The molecule has 1 amide bonds. The molecule has 1 aliphatic heterocycles. The predicted octanol–water partition coefficient (Wildman–Crippen LogP) is 2.32. The van der Waals surface area contributed by atoms with Crippen molar-refractivity contribution in [3.63, 3.8) is 0 Å². The highest BCUT2D eigenvalue weighted by atomic mass is 19.2. The Bertz CT molecular complexity index is 479. The molecule has 0 saturated carbocycles. The molecule has 1 aromatic rings. The Labute approximate surface area is 111 Å². The number of amides is 1. The molecule has 1 heterocycles. The van der Waals surface area contributed by atoms with Gasteiger partial charge in [0.05, 0.1) is 0 Å². The van der Waals surface area contributed by atoms with E-state index in [0.717, 1.165) is 19.0 Å². The van der Waals surface area contributed by atoms with Crippen LogP contribution in [0.3, 0.4) is 0 Å². The number of hydrogen-bond donors (Lipinski definition) is 1. The zero-order valence-electron chi connectivity index (χ0n) is 11.1. The van der Waals surface area contributed by atoms with Crippen molar-refractivity contribution in [2.24, 2.45) is 5.92 Å². The molecule has 0 spiro atoms. The zero-order valence-corrected chi connectivity index (χ0v) is 11.1. The second-order valence-electron chi connectivity index (χ2n) is 5.24. The molecule has 2 unspecified atom stereocenters. The van der Waals surface area contributed by atoms with Crippen molar-refractivity contribution in [1.82, 2.24) is 5.32 Å². The summed E-state index contributed by atoms with van der Waals surface area (Å²) in [6.45, 7) is 4.97. The van der Waals surface area contributed by atoms with Crippen LogP contribution in [0.25, 0.3) is 0 Å². The Kier molecular flexibility index (Phi) is 4.02. The first kappa shape index (κ1) is 13.8. The summed E-state index contributed by atoms with van der Waals surface area (Å²) in [6, 6.07) is 3.96. The van der Waals surface area contributed by atoms with Crippen LogP contribution in [-0.2, 0) is 4.79 Å². The summed E-state index contributed by atoms with van der Waals surface area (Å²) in [5.74, 6) is -1.36. The minimum absolute atomic E-state index is 0.0503. The van der Waals surface area contributed by atoms with Gasteiger partial charge in [0.25, 0.3) is 0 Å². The lowest BCUT2D eigenvalue weighted by molar-refractivity contribution is -0.119. The molecule has 5 heteroatoms. The summed E-state index contributed by atoms with van der Waals surface area (Å²) < 4.78 is 26.2. The SMILES string of the molecule is CC(=O)NC1CC(C)CN(c2ccc(F)c(F)c2)C1. The van der Waals surface area contributed by atoms with E-state index in [0.29, 0.717) is 18.2 Å². The highest BCUT2D eigenvalue weighted by molar-refractivity contribution is 5.73. The average molecular weight is 268 g/mol. The van der Waals surface area contributed by atoms with Crippen LogP contribution in [0.4, 0.5) is 14.5 Å². The van der Waals surface area contributed by atoms with E-state index in [-0.39, 0.29) is 11.9 Å². The number of rotatable bonds is 2. The van der Waals surface area contributed by atoms with Crippen molar-refractivity contribution in [2.75, 3.05) is 18.0 Å². The summed E-state index contributed by atoms with van der Waals surface area (Å²) in [5.41, 5.74) is 0.654. The van der Waals surface area contributed by atoms with Crippen LogP contribution < -0.4 is 10.2 Å². The van der Waals surface area contributed by atoms with Gasteiger partial charge in [0.15, 0.2) is 11.6 Å². The second kappa shape index (κ2) is 5.55. The molecule has 1 aromatic carbocycles. The van der Waals surface area contributed by atoms with Gasteiger partial charge >= 0.3 is 0 Å². The lowest BCUT2D eigenvalue weighted by Gasteiger charge is -2.38. The molecule has 0 radical (unpaired) electrons. The van der Waals surface area contributed by atoms with Gasteiger partial charge in [0, 0.05) is 37.8 Å². The minimum Gasteiger partial charge on any atom is -0.369 e. The maximum Gasteiger partial charge on any atom is 0.217 e. The van der Waals surface area contributed by atoms with E-state index in [4.69, 9.17) is 0 Å². The van der Waals surface area contributed by atoms with Crippen LogP contribution in [0.15, 0.2) is 18.2 Å². The number of anilines is 1. The van der Waals surface area contributed by atoms with Crippen LogP contribution in [0.5, 0.6) is 0 Å². The van der Waals surface area contributed by atoms with Crippen molar-refractivity contribution in [1.29, 1.82) is 0 Å². The topological polar surface area (TPSA) is 32.3 Å². The molecule has 1 saturated heterocycles. The third-order valence-electron chi connectivity index (χ3n) is 3.34. The molecule has 0 bridgehead atoms. The first-order chi connectivity index (χ1) is 8.95. The van der Waals surface area contributed by atoms with Gasteiger partial charge in [-0.2, -0.15) is 0 Å². The van der Waals surface area contributed by atoms with Crippen LogP contribution in [0, 0.1) is 17.6 Å². The van der Waals surface area contributed by atoms with Crippen molar-refractivity contribution in [3.05, 3.63) is 29.8 Å². The quantitative estimate of drug-likeness (QED) is 0.892. The number of nitrogens with one attached hydrogen (secondary N) is 1. The minimum atomic E-state index is -0.841. The van der Waals surface area contributed by atoms with Gasteiger partial charge in [0.1, 0.15) is 0 Å². The molecular weight excluding hydrogens is 250 g/mol. The molecule has 0 aliphatic carbocycles. The van der Waals surface area contributed by atoms with Gasteiger partial charge < -0.3 is 10.2 Å². The van der Waals surface area contributed by atoms with E-state index < -0.39 is 11.6 Å². The van der Waals surface area contributed by atoms with Gasteiger partial charge in [-0.25, -0.2) is 8.78 Å². The molecular formula is C14H18F2N2O. The van der Waals surface area contributed by atoms with Crippen molar-refractivity contribution in [2.45, 2.75) is 26.3 Å². The standard InChI is InChI=1S/C14H18F2N2O/c1-9-5-11(17-10(2)19)8-18(7-9)12-3-4-13(15)14(16)6-12/h3-4,6,9,11H,5,7-8H2,1-2H3,(H,17,19). The molecule has 1 aliphatic rings. The Morgan fingerprint density at radius 2 is 2.05 bits per heavy atom. The number of halogens is 2. The van der Waals surface area contributed by atoms with E-state index in [9.17, 15) is 13.6 Å². The number of hydrogen-bond acceptors (Lipinski definition) is 2. The molecule has 19 heavy (non-hydrogen) atoms.